The number of nitrogens with zero attached hydrogens (tertiary/aromatic N) is 2. The van der Waals surface area contributed by atoms with E-state index in [0.717, 1.165) is 54.5 Å². The van der Waals surface area contributed by atoms with Crippen LogP contribution in [0.4, 0.5) is 5.82 Å². The molecule has 3 heterocycles. The van der Waals surface area contributed by atoms with Crippen LogP contribution in [0.2, 0.25) is 0 Å². The van der Waals surface area contributed by atoms with Crippen LogP contribution in [0.3, 0.4) is 0 Å². The van der Waals surface area contributed by atoms with Crippen LogP contribution in [0.5, 0.6) is 0 Å². The highest BCUT2D eigenvalue weighted by Crippen LogP contribution is 2.29. The number of anilines is 1. The maximum Gasteiger partial charge on any atom is 0.252 e. The summed E-state index contributed by atoms with van der Waals surface area (Å²) in [6, 6.07) is 12.6. The zero-order valence-electron chi connectivity index (χ0n) is 15.8. The number of carbonyl (C=O) groups excluding carboxylic acids is 2. The molecule has 148 valence electrons. The van der Waals surface area contributed by atoms with Crippen LogP contribution in [0.15, 0.2) is 48.7 Å². The van der Waals surface area contributed by atoms with Gasteiger partial charge in [0.1, 0.15) is 5.82 Å². The van der Waals surface area contributed by atoms with Crippen LogP contribution in [0, 0.1) is 0 Å². The van der Waals surface area contributed by atoms with E-state index in [9.17, 15) is 9.59 Å². The average Bonchev–Trinajstić information content (AvgIpc) is 3.20. The zero-order valence-corrected chi connectivity index (χ0v) is 15.8. The number of nitrogens with two attached hydrogens (primary N) is 2. The van der Waals surface area contributed by atoms with Crippen molar-refractivity contribution in [2.75, 3.05) is 31.1 Å². The van der Waals surface area contributed by atoms with Crippen molar-refractivity contribution >= 4 is 17.6 Å². The van der Waals surface area contributed by atoms with Gasteiger partial charge in [0.2, 0.25) is 5.91 Å². The molecule has 8 heteroatoms. The van der Waals surface area contributed by atoms with E-state index in [4.69, 9.17) is 11.5 Å². The fourth-order valence-corrected chi connectivity index (χ4v) is 3.49. The largest absolute Gasteiger partial charge is 0.366 e. The molecule has 2 amide bonds. The molecule has 1 saturated heterocycles. The van der Waals surface area contributed by atoms with E-state index in [1.54, 1.807) is 24.4 Å². The molecule has 29 heavy (non-hydrogen) atoms. The topological polar surface area (TPSA) is 130 Å². The maximum absolute atomic E-state index is 12.0. The van der Waals surface area contributed by atoms with Crippen molar-refractivity contribution < 1.29 is 9.59 Å². The van der Waals surface area contributed by atoms with Crippen molar-refractivity contribution in [3.05, 3.63) is 59.8 Å². The Morgan fingerprint density at radius 1 is 0.931 bits per heavy atom. The van der Waals surface area contributed by atoms with Gasteiger partial charge in [-0.3, -0.25) is 14.6 Å². The van der Waals surface area contributed by atoms with Crippen molar-refractivity contribution in [1.82, 2.24) is 15.3 Å². The molecule has 1 fully saturated rings. The number of piperazine rings is 1. The van der Waals surface area contributed by atoms with Crippen molar-refractivity contribution in [2.24, 2.45) is 11.5 Å². The summed E-state index contributed by atoms with van der Waals surface area (Å²) in [5, 5.41) is 3.30. The van der Waals surface area contributed by atoms with Gasteiger partial charge in [-0.25, -0.2) is 0 Å². The summed E-state index contributed by atoms with van der Waals surface area (Å²) in [6.07, 6.45) is 1.71. The van der Waals surface area contributed by atoms with Gasteiger partial charge in [-0.1, -0.05) is 12.1 Å². The summed E-state index contributed by atoms with van der Waals surface area (Å²) in [4.78, 5) is 33.2. The van der Waals surface area contributed by atoms with E-state index < -0.39 is 11.8 Å². The summed E-state index contributed by atoms with van der Waals surface area (Å²) >= 11 is 0. The number of hydrogen-bond acceptors (Lipinski definition) is 5. The van der Waals surface area contributed by atoms with Crippen LogP contribution in [0.1, 0.15) is 20.7 Å². The Morgan fingerprint density at radius 3 is 2.31 bits per heavy atom. The highest BCUT2D eigenvalue weighted by molar-refractivity contribution is 6.00. The molecule has 2 aromatic heterocycles. The van der Waals surface area contributed by atoms with Gasteiger partial charge in [0.15, 0.2) is 0 Å². The highest BCUT2D eigenvalue weighted by atomic mass is 16.1. The standard InChI is InChI=1S/C21H22N6O2/c22-19(28)14-3-1-13(2-4-14)17-11-15(5-6-25-17)18-12-16(20(23)29)21(26-18)27-9-7-24-8-10-27/h1-6,11-12,24,26H,7-10H2,(H2,22,28)(H2,23,29). The number of primary amides is 2. The van der Waals surface area contributed by atoms with Crippen LogP contribution in [-0.4, -0.2) is 48.0 Å². The van der Waals surface area contributed by atoms with Crippen molar-refractivity contribution in [3.63, 3.8) is 0 Å². The lowest BCUT2D eigenvalue weighted by molar-refractivity contribution is 0.0992. The number of H-pyrrole nitrogens is 1. The predicted molar refractivity (Wildman–Crippen MR) is 112 cm³/mol. The van der Waals surface area contributed by atoms with E-state index in [2.05, 4.69) is 20.2 Å². The van der Waals surface area contributed by atoms with Gasteiger partial charge in [-0.15, -0.1) is 0 Å². The average molecular weight is 390 g/mol. The number of nitrogens with one attached hydrogen (secondary N) is 2. The van der Waals surface area contributed by atoms with E-state index in [0.29, 0.717) is 11.1 Å². The molecule has 0 spiro atoms. The number of amides is 2. The molecular formula is C21H22N6O2. The monoisotopic (exact) mass is 390 g/mol. The molecule has 0 aliphatic carbocycles. The molecule has 0 atom stereocenters. The Balaban J connectivity index is 1.69. The molecule has 3 aromatic rings. The molecule has 1 aliphatic heterocycles. The number of aromatic amines is 1. The number of benzene rings is 1. The molecule has 8 nitrogen and oxygen atoms in total. The molecule has 1 aliphatic rings. The molecule has 0 bridgehead atoms. The lowest BCUT2D eigenvalue weighted by Crippen LogP contribution is -2.44. The summed E-state index contributed by atoms with van der Waals surface area (Å²) in [7, 11) is 0. The van der Waals surface area contributed by atoms with Crippen LogP contribution in [-0.2, 0) is 0 Å². The van der Waals surface area contributed by atoms with Crippen molar-refractivity contribution in [1.29, 1.82) is 0 Å². The maximum atomic E-state index is 12.0. The van der Waals surface area contributed by atoms with Gasteiger partial charge in [0.25, 0.3) is 5.91 Å². The highest BCUT2D eigenvalue weighted by Gasteiger charge is 2.21. The number of hydrogen-bond donors (Lipinski definition) is 4. The fraction of sp³-hybridized carbons (Fsp3) is 0.190. The summed E-state index contributed by atoms with van der Waals surface area (Å²) in [6.45, 7) is 3.31. The summed E-state index contributed by atoms with van der Waals surface area (Å²) < 4.78 is 0. The molecule has 6 N–H and O–H groups in total. The molecule has 1 aromatic carbocycles. The minimum atomic E-state index is -0.468. The second-order valence-electron chi connectivity index (χ2n) is 6.92. The van der Waals surface area contributed by atoms with Gasteiger partial charge in [-0.05, 0) is 30.3 Å². The minimum absolute atomic E-state index is 0.445. The van der Waals surface area contributed by atoms with E-state index >= 15 is 0 Å². The van der Waals surface area contributed by atoms with Gasteiger partial charge in [0.05, 0.1) is 11.3 Å². The van der Waals surface area contributed by atoms with E-state index in [-0.39, 0.29) is 0 Å². The number of pyridine rings is 1. The predicted octanol–water partition coefficient (Wildman–Crippen LogP) is 1.35. The van der Waals surface area contributed by atoms with Gasteiger partial charge in [0, 0.05) is 54.8 Å². The minimum Gasteiger partial charge on any atom is -0.366 e. The molecule has 4 rings (SSSR count). The van der Waals surface area contributed by atoms with Gasteiger partial charge < -0.3 is 26.7 Å². The lowest BCUT2D eigenvalue weighted by Gasteiger charge is -2.28. The SMILES string of the molecule is NC(=O)c1ccc(-c2cc(-c3cc(C(N)=O)c(N4CCNCC4)[nH]3)ccn2)cc1. The van der Waals surface area contributed by atoms with Gasteiger partial charge in [-0.2, -0.15) is 0 Å². The Bertz CT molecular complexity index is 1050. The molecule has 0 unspecified atom stereocenters. The normalized spacial score (nSPS) is 14.0. The second kappa shape index (κ2) is 7.76. The summed E-state index contributed by atoms with van der Waals surface area (Å²) in [5.74, 6) is -0.181. The number of aromatic nitrogens is 2. The molecular weight excluding hydrogens is 368 g/mol. The third-order valence-electron chi connectivity index (χ3n) is 5.03. The second-order valence-corrected chi connectivity index (χ2v) is 6.92. The van der Waals surface area contributed by atoms with Crippen molar-refractivity contribution in [2.45, 2.75) is 0 Å². The number of rotatable bonds is 5. The first-order valence-electron chi connectivity index (χ1n) is 9.38. The third-order valence-corrected chi connectivity index (χ3v) is 5.03. The van der Waals surface area contributed by atoms with Crippen LogP contribution < -0.4 is 21.7 Å². The quantitative estimate of drug-likeness (QED) is 0.522. The Kier molecular flexibility index (Phi) is 5.01. The zero-order chi connectivity index (χ0) is 20.4. The first kappa shape index (κ1) is 18.7. The Morgan fingerprint density at radius 2 is 1.66 bits per heavy atom. The van der Waals surface area contributed by atoms with Crippen molar-refractivity contribution in [3.8, 4) is 22.5 Å². The first-order valence-corrected chi connectivity index (χ1v) is 9.38. The Labute approximate surface area is 167 Å². The third kappa shape index (κ3) is 3.83. The van der Waals surface area contributed by atoms with E-state index in [1.165, 1.54) is 0 Å². The molecule has 0 radical (unpaired) electrons. The molecule has 0 saturated carbocycles. The van der Waals surface area contributed by atoms with Crippen LogP contribution >= 0.6 is 0 Å². The van der Waals surface area contributed by atoms with Gasteiger partial charge >= 0.3 is 0 Å². The first-order chi connectivity index (χ1) is 14.0. The summed E-state index contributed by atoms with van der Waals surface area (Å²) in [5.41, 5.74) is 15.1. The smallest absolute Gasteiger partial charge is 0.252 e. The van der Waals surface area contributed by atoms with Crippen LogP contribution in [0.25, 0.3) is 22.5 Å². The van der Waals surface area contributed by atoms with E-state index in [1.807, 2.05) is 24.3 Å². The fourth-order valence-electron chi connectivity index (χ4n) is 3.49. The number of carbonyl (C=O) groups is 2. The lowest BCUT2D eigenvalue weighted by atomic mass is 10.1. The Hall–Kier alpha value is -3.65.